The van der Waals surface area contributed by atoms with Crippen LogP contribution in [-0.4, -0.2) is 22.6 Å². The van der Waals surface area contributed by atoms with Crippen LogP contribution < -0.4 is 10.7 Å². The lowest BCUT2D eigenvalue weighted by atomic mass is 10.1. The Morgan fingerprint density at radius 1 is 0.939 bits per heavy atom. The summed E-state index contributed by atoms with van der Waals surface area (Å²) in [4.78, 5) is 24.6. The Kier molecular flexibility index (Phi) is 6.49. The number of carbonyl (C=O) groups is 2. The lowest BCUT2D eigenvalue weighted by Gasteiger charge is -2.11. The van der Waals surface area contributed by atoms with E-state index in [2.05, 4.69) is 15.8 Å². The minimum absolute atomic E-state index is 0.520. The summed E-state index contributed by atoms with van der Waals surface area (Å²) in [5, 5.41) is 9.48. The number of benzene rings is 3. The maximum Gasteiger partial charge on any atom is 0.329 e. The summed E-state index contributed by atoms with van der Waals surface area (Å²) in [5.41, 5.74) is 6.19. The Morgan fingerprint density at radius 2 is 1.70 bits per heavy atom. The standard InChI is InChI=1S/C25H20Cl2N4O2/c1-15-12-18(16(2)31(15)23-11-10-19(26)13-21(23)27)14-28-30-25(33)24(32)29-22-9-5-7-17-6-3-4-8-20(17)22/h3-14H,1-2H3,(H,29,32)(H,30,33)/b28-14-. The second-order valence-corrected chi connectivity index (χ2v) is 8.28. The summed E-state index contributed by atoms with van der Waals surface area (Å²) in [6.45, 7) is 3.85. The number of halogens is 2. The minimum atomic E-state index is -0.867. The molecule has 0 spiro atoms. The van der Waals surface area contributed by atoms with Crippen molar-refractivity contribution >= 4 is 57.7 Å². The van der Waals surface area contributed by atoms with E-state index in [1.54, 1.807) is 18.2 Å². The molecule has 0 bridgehead atoms. The summed E-state index contributed by atoms with van der Waals surface area (Å²) in [5.74, 6) is -1.67. The van der Waals surface area contributed by atoms with E-state index in [1.165, 1.54) is 6.21 Å². The van der Waals surface area contributed by atoms with Crippen LogP contribution in [0.15, 0.2) is 71.8 Å². The van der Waals surface area contributed by atoms with E-state index in [1.807, 2.05) is 66.9 Å². The number of hydrazone groups is 1. The summed E-state index contributed by atoms with van der Waals surface area (Å²) in [6, 6.07) is 20.3. The predicted molar refractivity (Wildman–Crippen MR) is 134 cm³/mol. The van der Waals surface area contributed by atoms with Crippen LogP contribution in [0.5, 0.6) is 0 Å². The van der Waals surface area contributed by atoms with Gasteiger partial charge in [0, 0.05) is 33.0 Å². The zero-order valence-electron chi connectivity index (χ0n) is 17.9. The monoisotopic (exact) mass is 478 g/mol. The number of hydrogen-bond acceptors (Lipinski definition) is 3. The highest BCUT2D eigenvalue weighted by atomic mass is 35.5. The molecule has 166 valence electrons. The summed E-state index contributed by atoms with van der Waals surface area (Å²) >= 11 is 12.4. The normalized spacial score (nSPS) is 11.2. The van der Waals surface area contributed by atoms with Crippen molar-refractivity contribution in [3.63, 3.8) is 0 Å². The first-order valence-corrected chi connectivity index (χ1v) is 10.9. The lowest BCUT2D eigenvalue weighted by molar-refractivity contribution is -0.136. The van der Waals surface area contributed by atoms with Gasteiger partial charge in [0.15, 0.2) is 0 Å². The number of carbonyl (C=O) groups excluding carboxylic acids is 2. The average molecular weight is 479 g/mol. The Morgan fingerprint density at radius 3 is 2.48 bits per heavy atom. The second-order valence-electron chi connectivity index (χ2n) is 7.44. The molecule has 2 N–H and O–H groups in total. The number of fused-ring (bicyclic) bond motifs is 1. The van der Waals surface area contributed by atoms with Gasteiger partial charge in [0.1, 0.15) is 0 Å². The van der Waals surface area contributed by atoms with Crippen LogP contribution in [0.2, 0.25) is 10.0 Å². The predicted octanol–water partition coefficient (Wildman–Crippen LogP) is 5.64. The molecule has 0 saturated carbocycles. The van der Waals surface area contributed by atoms with Crippen LogP contribution in [-0.2, 0) is 9.59 Å². The van der Waals surface area contributed by atoms with Crippen molar-refractivity contribution in [1.82, 2.24) is 9.99 Å². The van der Waals surface area contributed by atoms with Gasteiger partial charge in [-0.1, -0.05) is 59.6 Å². The number of rotatable bonds is 4. The molecule has 33 heavy (non-hydrogen) atoms. The maximum absolute atomic E-state index is 12.3. The van der Waals surface area contributed by atoms with Gasteiger partial charge in [0.25, 0.3) is 0 Å². The van der Waals surface area contributed by atoms with Crippen LogP contribution in [0.3, 0.4) is 0 Å². The van der Waals surface area contributed by atoms with E-state index in [4.69, 9.17) is 23.2 Å². The largest absolute Gasteiger partial charge is 0.329 e. The third-order valence-corrected chi connectivity index (χ3v) is 5.77. The van der Waals surface area contributed by atoms with Crippen molar-refractivity contribution < 1.29 is 9.59 Å². The summed E-state index contributed by atoms with van der Waals surface area (Å²) < 4.78 is 1.97. The smallest absolute Gasteiger partial charge is 0.317 e. The van der Waals surface area contributed by atoms with E-state index >= 15 is 0 Å². The zero-order chi connectivity index (χ0) is 23.5. The minimum Gasteiger partial charge on any atom is -0.317 e. The molecule has 0 fully saturated rings. The number of aromatic nitrogens is 1. The van der Waals surface area contributed by atoms with Crippen LogP contribution in [0.25, 0.3) is 16.5 Å². The van der Waals surface area contributed by atoms with Gasteiger partial charge in [-0.25, -0.2) is 5.43 Å². The number of nitrogens with one attached hydrogen (secondary N) is 2. The third kappa shape index (κ3) is 4.77. The van der Waals surface area contributed by atoms with E-state index in [0.29, 0.717) is 15.7 Å². The fourth-order valence-corrected chi connectivity index (χ4v) is 4.17. The van der Waals surface area contributed by atoms with Crippen LogP contribution in [0.1, 0.15) is 17.0 Å². The topological polar surface area (TPSA) is 75.5 Å². The molecule has 0 saturated heterocycles. The molecule has 0 radical (unpaired) electrons. The second kappa shape index (κ2) is 9.48. The molecule has 0 aliphatic heterocycles. The van der Waals surface area contributed by atoms with E-state index in [-0.39, 0.29) is 0 Å². The Balaban J connectivity index is 1.47. The SMILES string of the molecule is Cc1cc(/C=N\NC(=O)C(=O)Nc2cccc3ccccc23)c(C)n1-c1ccc(Cl)cc1Cl. The molecule has 0 atom stereocenters. The molecular weight excluding hydrogens is 459 g/mol. The van der Waals surface area contributed by atoms with Gasteiger partial charge in [0.05, 0.1) is 16.9 Å². The summed E-state index contributed by atoms with van der Waals surface area (Å²) in [7, 11) is 0. The van der Waals surface area contributed by atoms with Crippen molar-refractivity contribution in [1.29, 1.82) is 0 Å². The molecule has 2 amide bonds. The molecule has 1 aromatic heterocycles. The molecule has 0 aliphatic rings. The van der Waals surface area contributed by atoms with E-state index in [0.717, 1.165) is 33.4 Å². The van der Waals surface area contributed by atoms with Crippen molar-refractivity contribution in [2.24, 2.45) is 5.10 Å². The van der Waals surface area contributed by atoms with Crippen molar-refractivity contribution in [2.45, 2.75) is 13.8 Å². The van der Waals surface area contributed by atoms with Crippen LogP contribution in [0.4, 0.5) is 5.69 Å². The van der Waals surface area contributed by atoms with Gasteiger partial charge in [-0.15, -0.1) is 0 Å². The van der Waals surface area contributed by atoms with E-state index < -0.39 is 11.8 Å². The first-order chi connectivity index (χ1) is 15.8. The van der Waals surface area contributed by atoms with Crippen molar-refractivity contribution in [2.75, 3.05) is 5.32 Å². The molecule has 8 heteroatoms. The van der Waals surface area contributed by atoms with E-state index in [9.17, 15) is 9.59 Å². The first-order valence-electron chi connectivity index (χ1n) is 10.1. The van der Waals surface area contributed by atoms with Gasteiger partial charge in [0.2, 0.25) is 0 Å². The average Bonchev–Trinajstić information content (AvgIpc) is 3.07. The third-order valence-electron chi connectivity index (χ3n) is 5.23. The first kappa shape index (κ1) is 22.6. The van der Waals surface area contributed by atoms with Gasteiger partial charge in [-0.2, -0.15) is 5.10 Å². The highest BCUT2D eigenvalue weighted by Crippen LogP contribution is 2.28. The molecule has 3 aromatic carbocycles. The quantitative estimate of drug-likeness (QED) is 0.226. The molecule has 0 aliphatic carbocycles. The highest BCUT2D eigenvalue weighted by molar-refractivity contribution is 6.40. The number of nitrogens with zero attached hydrogens (tertiary/aromatic N) is 2. The van der Waals surface area contributed by atoms with Gasteiger partial charge in [-0.3, -0.25) is 9.59 Å². The maximum atomic E-state index is 12.3. The number of hydrogen-bond donors (Lipinski definition) is 2. The van der Waals surface area contributed by atoms with Crippen LogP contribution >= 0.6 is 23.2 Å². The fourth-order valence-electron chi connectivity index (χ4n) is 3.68. The molecule has 0 unspecified atom stereocenters. The lowest BCUT2D eigenvalue weighted by Crippen LogP contribution is -2.32. The number of anilines is 1. The zero-order valence-corrected chi connectivity index (χ0v) is 19.4. The van der Waals surface area contributed by atoms with Gasteiger partial charge in [-0.05, 0) is 49.6 Å². The fraction of sp³-hybridized carbons (Fsp3) is 0.0800. The molecule has 4 aromatic rings. The Bertz CT molecular complexity index is 1400. The Hall–Kier alpha value is -3.61. The van der Waals surface area contributed by atoms with Crippen molar-refractivity contribution in [3.8, 4) is 5.69 Å². The van der Waals surface area contributed by atoms with Crippen molar-refractivity contribution in [3.05, 3.63) is 93.7 Å². The number of amides is 2. The Labute approximate surface area is 200 Å². The molecule has 1 heterocycles. The molecule has 4 rings (SSSR count). The molecule has 6 nitrogen and oxygen atoms in total. The highest BCUT2D eigenvalue weighted by Gasteiger charge is 2.15. The molecular formula is C25H20Cl2N4O2. The van der Waals surface area contributed by atoms with Gasteiger partial charge >= 0.3 is 11.8 Å². The van der Waals surface area contributed by atoms with Crippen LogP contribution in [0, 0.1) is 13.8 Å². The summed E-state index contributed by atoms with van der Waals surface area (Å²) in [6.07, 6.45) is 1.49. The van der Waals surface area contributed by atoms with Gasteiger partial charge < -0.3 is 9.88 Å². The number of aryl methyl sites for hydroxylation is 1.